The molecule has 0 aromatic carbocycles. The zero-order valence-corrected chi connectivity index (χ0v) is 8.10. The van der Waals surface area contributed by atoms with Gasteiger partial charge in [-0.25, -0.2) is 4.79 Å². The Morgan fingerprint density at radius 3 is 2.86 bits per heavy atom. The smallest absolute Gasteiger partial charge is 0.427 e. The van der Waals surface area contributed by atoms with Gasteiger partial charge in [-0.3, -0.25) is 0 Å². The molecule has 0 aliphatic rings. The fraction of sp³-hybridized carbons (Fsp3) is 0.333. The minimum atomic E-state index is -1.07. The van der Waals surface area contributed by atoms with E-state index >= 15 is 0 Å². The molecule has 1 aromatic rings. The van der Waals surface area contributed by atoms with Gasteiger partial charge in [-0.2, -0.15) is 10.1 Å². The van der Waals surface area contributed by atoms with Gasteiger partial charge in [0.1, 0.15) is 11.5 Å². The lowest BCUT2D eigenvalue weighted by Crippen LogP contribution is -2.24. The molecule has 0 atom stereocenters. The van der Waals surface area contributed by atoms with E-state index in [-0.39, 0.29) is 0 Å². The van der Waals surface area contributed by atoms with E-state index in [2.05, 4.69) is 5.10 Å². The molecule has 1 aromatic heterocycles. The lowest BCUT2D eigenvalue weighted by molar-refractivity contribution is 0.149. The number of amides is 1. The van der Waals surface area contributed by atoms with Crippen molar-refractivity contribution in [3.63, 3.8) is 0 Å². The zero-order chi connectivity index (χ0) is 10.6. The Morgan fingerprint density at radius 1 is 1.71 bits per heavy atom. The molecule has 5 nitrogen and oxygen atoms in total. The van der Waals surface area contributed by atoms with Crippen molar-refractivity contribution in [2.24, 2.45) is 5.10 Å². The van der Waals surface area contributed by atoms with Crippen molar-refractivity contribution in [2.45, 2.75) is 13.8 Å². The second-order valence-corrected chi connectivity index (χ2v) is 2.66. The number of hydrogen-bond donors (Lipinski definition) is 1. The van der Waals surface area contributed by atoms with Crippen molar-refractivity contribution in [1.29, 1.82) is 0 Å². The third-order valence-corrected chi connectivity index (χ3v) is 1.67. The Hall–Kier alpha value is -1.78. The average molecular weight is 196 g/mol. The van der Waals surface area contributed by atoms with Crippen molar-refractivity contribution in [1.82, 2.24) is 5.01 Å². The van der Waals surface area contributed by atoms with E-state index in [0.29, 0.717) is 18.0 Å². The van der Waals surface area contributed by atoms with Gasteiger partial charge in [-0.1, -0.05) is 0 Å². The summed E-state index contributed by atoms with van der Waals surface area (Å²) in [7, 11) is 0. The number of carboxylic acid groups (broad SMARTS) is 1. The second kappa shape index (κ2) is 4.45. The van der Waals surface area contributed by atoms with Crippen LogP contribution in [0.3, 0.4) is 0 Å². The maximum absolute atomic E-state index is 10.6. The van der Waals surface area contributed by atoms with Crippen LogP contribution >= 0.6 is 0 Å². The molecule has 1 N–H and O–H groups in total. The van der Waals surface area contributed by atoms with Crippen LogP contribution in [0.5, 0.6) is 0 Å². The zero-order valence-electron chi connectivity index (χ0n) is 8.10. The van der Waals surface area contributed by atoms with E-state index in [9.17, 15) is 4.79 Å². The van der Waals surface area contributed by atoms with Gasteiger partial charge in [-0.05, 0) is 26.0 Å². The largest absolute Gasteiger partial charge is 0.464 e. The molecule has 0 spiro atoms. The molecule has 0 saturated heterocycles. The number of hydrazone groups is 1. The monoisotopic (exact) mass is 196 g/mol. The summed E-state index contributed by atoms with van der Waals surface area (Å²) in [4.78, 5) is 10.6. The molecular weight excluding hydrogens is 184 g/mol. The summed E-state index contributed by atoms with van der Waals surface area (Å²) in [5.41, 5.74) is 0.541. The van der Waals surface area contributed by atoms with Crippen LogP contribution in [-0.2, 0) is 0 Å². The predicted octanol–water partition coefficient (Wildman–Crippen LogP) is 2.00. The van der Waals surface area contributed by atoms with E-state index in [0.717, 1.165) is 5.01 Å². The van der Waals surface area contributed by atoms with Crippen molar-refractivity contribution >= 4 is 11.8 Å². The van der Waals surface area contributed by atoms with Gasteiger partial charge in [0.25, 0.3) is 0 Å². The van der Waals surface area contributed by atoms with Gasteiger partial charge in [0.15, 0.2) is 0 Å². The predicted molar refractivity (Wildman–Crippen MR) is 51.3 cm³/mol. The van der Waals surface area contributed by atoms with Crippen molar-refractivity contribution in [2.75, 3.05) is 6.54 Å². The highest BCUT2D eigenvalue weighted by Crippen LogP contribution is 2.03. The molecule has 0 aliphatic heterocycles. The molecule has 1 amide bonds. The highest BCUT2D eigenvalue weighted by Gasteiger charge is 2.09. The van der Waals surface area contributed by atoms with Crippen molar-refractivity contribution in [3.05, 3.63) is 24.2 Å². The fourth-order valence-electron chi connectivity index (χ4n) is 0.964. The van der Waals surface area contributed by atoms with Gasteiger partial charge >= 0.3 is 6.09 Å². The highest BCUT2D eigenvalue weighted by atomic mass is 16.4. The van der Waals surface area contributed by atoms with Crippen LogP contribution in [0.15, 0.2) is 27.9 Å². The summed E-state index contributed by atoms with van der Waals surface area (Å²) in [6.45, 7) is 3.73. The minimum absolute atomic E-state index is 0.313. The first-order valence-corrected chi connectivity index (χ1v) is 4.24. The molecular formula is C9H12N2O3. The molecule has 5 heteroatoms. The summed E-state index contributed by atoms with van der Waals surface area (Å²) < 4.78 is 5.07. The van der Waals surface area contributed by atoms with Crippen molar-refractivity contribution < 1.29 is 14.3 Å². The van der Waals surface area contributed by atoms with Crippen LogP contribution in [-0.4, -0.2) is 28.5 Å². The Bertz CT molecular complexity index is 330. The minimum Gasteiger partial charge on any atom is -0.464 e. The topological polar surface area (TPSA) is 66.0 Å². The molecule has 0 unspecified atom stereocenters. The van der Waals surface area contributed by atoms with Crippen LogP contribution in [0, 0.1) is 0 Å². The van der Waals surface area contributed by atoms with E-state index < -0.39 is 6.09 Å². The van der Waals surface area contributed by atoms with Gasteiger partial charge in [0.2, 0.25) is 0 Å². The molecule has 0 fully saturated rings. The highest BCUT2D eigenvalue weighted by molar-refractivity contribution is 5.96. The molecule has 0 saturated carbocycles. The summed E-state index contributed by atoms with van der Waals surface area (Å²) in [6, 6.07) is 3.46. The lowest BCUT2D eigenvalue weighted by Gasteiger charge is -2.10. The molecule has 76 valence electrons. The molecule has 1 heterocycles. The van der Waals surface area contributed by atoms with Gasteiger partial charge in [0, 0.05) is 6.54 Å². The molecule has 0 radical (unpaired) electrons. The molecule has 0 aliphatic carbocycles. The quantitative estimate of drug-likeness (QED) is 0.594. The number of carbonyl (C=O) groups is 1. The SMILES string of the molecule is CCN(/N=C(/C)c1ccco1)C(=O)O. The summed E-state index contributed by atoms with van der Waals surface area (Å²) in [5, 5.41) is 13.6. The molecule has 14 heavy (non-hydrogen) atoms. The maximum Gasteiger partial charge on any atom is 0.427 e. The number of hydrogen-bond acceptors (Lipinski definition) is 3. The number of furan rings is 1. The fourth-order valence-corrected chi connectivity index (χ4v) is 0.964. The van der Waals surface area contributed by atoms with Crippen LogP contribution in [0.4, 0.5) is 4.79 Å². The maximum atomic E-state index is 10.6. The standard InChI is InChI=1S/C9H12N2O3/c1-3-11(9(12)13)10-7(2)8-5-4-6-14-8/h4-6H,3H2,1-2H3,(H,12,13)/b10-7-. The Balaban J connectivity index is 2.81. The third kappa shape index (κ3) is 2.35. The van der Waals surface area contributed by atoms with Gasteiger partial charge in [0.05, 0.1) is 6.26 Å². The summed E-state index contributed by atoms with van der Waals surface area (Å²) >= 11 is 0. The van der Waals surface area contributed by atoms with E-state index in [1.807, 2.05) is 0 Å². The van der Waals surface area contributed by atoms with Crippen LogP contribution in [0.25, 0.3) is 0 Å². The van der Waals surface area contributed by atoms with Crippen LogP contribution in [0.2, 0.25) is 0 Å². The normalized spacial score (nSPS) is 11.4. The second-order valence-electron chi connectivity index (χ2n) is 2.66. The van der Waals surface area contributed by atoms with E-state index in [1.165, 1.54) is 6.26 Å². The average Bonchev–Trinajstić information content (AvgIpc) is 2.65. The first-order valence-electron chi connectivity index (χ1n) is 4.24. The van der Waals surface area contributed by atoms with Crippen molar-refractivity contribution in [3.8, 4) is 0 Å². The third-order valence-electron chi connectivity index (χ3n) is 1.67. The summed E-state index contributed by atoms with van der Waals surface area (Å²) in [6.07, 6.45) is 0.448. The first kappa shape index (κ1) is 10.3. The molecule has 1 rings (SSSR count). The van der Waals surface area contributed by atoms with E-state index in [1.54, 1.807) is 26.0 Å². The number of rotatable bonds is 3. The first-order chi connectivity index (χ1) is 6.65. The van der Waals surface area contributed by atoms with E-state index in [4.69, 9.17) is 9.52 Å². The van der Waals surface area contributed by atoms with Gasteiger partial charge in [-0.15, -0.1) is 0 Å². The van der Waals surface area contributed by atoms with Gasteiger partial charge < -0.3 is 9.52 Å². The molecule has 0 bridgehead atoms. The Kier molecular flexibility index (Phi) is 3.28. The number of nitrogens with zero attached hydrogens (tertiary/aromatic N) is 2. The van der Waals surface area contributed by atoms with Crippen LogP contribution < -0.4 is 0 Å². The lowest BCUT2D eigenvalue weighted by atomic mass is 10.3. The van der Waals surface area contributed by atoms with Crippen LogP contribution in [0.1, 0.15) is 19.6 Å². The Morgan fingerprint density at radius 2 is 2.43 bits per heavy atom. The Labute approximate surface area is 81.6 Å². The summed E-state index contributed by atoms with van der Waals surface area (Å²) in [5.74, 6) is 0.574.